The normalized spacial score (nSPS) is 10.8. The van der Waals surface area contributed by atoms with Crippen LogP contribution in [-0.2, 0) is 4.79 Å². The zero-order chi connectivity index (χ0) is 31.5. The highest BCUT2D eigenvalue weighted by Gasteiger charge is 2.12. The number of nitrogens with one attached hydrogen (secondary N) is 2. The molecule has 12 nitrogen and oxygen atoms in total. The maximum Gasteiger partial charge on any atom is 0.336 e. The van der Waals surface area contributed by atoms with E-state index in [4.69, 9.17) is 14.2 Å². The molecule has 0 spiro atoms. The number of nitro groups is 1. The third-order valence-corrected chi connectivity index (χ3v) is 5.99. The minimum Gasteiger partial charge on any atom is -0.497 e. The molecule has 222 valence electrons. The quantitative estimate of drug-likeness (QED) is 0.0595. The highest BCUT2D eigenvalue weighted by molar-refractivity contribution is 6.05. The van der Waals surface area contributed by atoms with E-state index in [0.29, 0.717) is 28.1 Å². The molecule has 0 saturated heterocycles. The summed E-state index contributed by atoms with van der Waals surface area (Å²) < 4.78 is 15.8. The maximum atomic E-state index is 12.7. The van der Waals surface area contributed by atoms with Crippen LogP contribution in [0.1, 0.15) is 31.8 Å². The number of nitro benzene ring substituents is 1. The lowest BCUT2D eigenvalue weighted by atomic mass is 10.1. The van der Waals surface area contributed by atoms with Gasteiger partial charge in [-0.15, -0.1) is 0 Å². The van der Waals surface area contributed by atoms with Gasteiger partial charge in [-0.05, 0) is 71.8 Å². The number of methoxy groups -OCH3 is 2. The van der Waals surface area contributed by atoms with Crippen LogP contribution in [0.2, 0.25) is 0 Å². The van der Waals surface area contributed by atoms with Crippen molar-refractivity contribution in [2.45, 2.75) is 0 Å². The molecule has 0 radical (unpaired) electrons. The average molecular weight is 595 g/mol. The van der Waals surface area contributed by atoms with Gasteiger partial charge in [0.05, 0.1) is 25.4 Å². The fourth-order valence-corrected chi connectivity index (χ4v) is 3.83. The number of ether oxygens (including phenoxy) is 3. The molecule has 4 aromatic rings. The van der Waals surface area contributed by atoms with Gasteiger partial charge in [0.25, 0.3) is 17.5 Å². The van der Waals surface area contributed by atoms with Crippen LogP contribution in [0.5, 0.6) is 17.2 Å². The number of carbonyl (C=O) groups excluding carboxylic acids is 3. The smallest absolute Gasteiger partial charge is 0.336 e. The first-order valence-electron chi connectivity index (χ1n) is 13.0. The Labute approximate surface area is 251 Å². The van der Waals surface area contributed by atoms with Crippen molar-refractivity contribution < 1.29 is 33.5 Å². The number of rotatable bonds is 11. The van der Waals surface area contributed by atoms with E-state index in [2.05, 4.69) is 15.8 Å². The van der Waals surface area contributed by atoms with Gasteiger partial charge in [-0.3, -0.25) is 19.7 Å². The Morgan fingerprint density at radius 3 is 2.30 bits per heavy atom. The Balaban J connectivity index is 1.35. The van der Waals surface area contributed by atoms with Gasteiger partial charge in [-0.1, -0.05) is 24.3 Å². The zero-order valence-electron chi connectivity index (χ0n) is 23.6. The largest absolute Gasteiger partial charge is 0.497 e. The van der Waals surface area contributed by atoms with Gasteiger partial charge >= 0.3 is 5.97 Å². The third kappa shape index (κ3) is 8.36. The van der Waals surface area contributed by atoms with Crippen molar-refractivity contribution in [3.63, 3.8) is 0 Å². The molecule has 0 bridgehead atoms. The van der Waals surface area contributed by atoms with Crippen molar-refractivity contribution in [1.82, 2.24) is 5.43 Å². The number of anilines is 1. The Hall–Kier alpha value is -6.30. The van der Waals surface area contributed by atoms with Gasteiger partial charge in [0, 0.05) is 35.0 Å². The van der Waals surface area contributed by atoms with Crippen molar-refractivity contribution >= 4 is 41.4 Å². The highest BCUT2D eigenvalue weighted by atomic mass is 16.6. The highest BCUT2D eigenvalue weighted by Crippen LogP contribution is 2.28. The standard InChI is InChI=1S/C32H26N4O8/c1-42-27-11-5-8-24(19-27)31(38)34-25-9-4-7-23(18-25)32(39)35-33-20-22-12-14-28(29(17-22)43-2)44-30(37)15-13-21-6-3-10-26(16-21)36(40)41/h3-20H,1-2H3,(H,34,38)(H,35,39)/b15-13+,33-20?. The molecule has 2 amide bonds. The molecule has 4 aromatic carbocycles. The van der Waals surface area contributed by atoms with Crippen LogP contribution < -0.4 is 25.0 Å². The van der Waals surface area contributed by atoms with E-state index >= 15 is 0 Å². The molecule has 12 heteroatoms. The van der Waals surface area contributed by atoms with E-state index in [1.54, 1.807) is 60.7 Å². The topological polar surface area (TPSA) is 158 Å². The Morgan fingerprint density at radius 1 is 0.795 bits per heavy atom. The average Bonchev–Trinajstić information content (AvgIpc) is 3.04. The molecule has 2 N–H and O–H groups in total. The van der Waals surface area contributed by atoms with E-state index in [-0.39, 0.29) is 28.7 Å². The van der Waals surface area contributed by atoms with Crippen LogP contribution in [0.4, 0.5) is 11.4 Å². The first kappa shape index (κ1) is 30.7. The fraction of sp³-hybridized carbons (Fsp3) is 0.0625. The number of amides is 2. The van der Waals surface area contributed by atoms with E-state index in [9.17, 15) is 24.5 Å². The number of hydrazone groups is 1. The lowest BCUT2D eigenvalue weighted by molar-refractivity contribution is -0.384. The fourth-order valence-electron chi connectivity index (χ4n) is 3.83. The second kappa shape index (κ2) is 14.5. The van der Waals surface area contributed by atoms with Crippen LogP contribution in [0, 0.1) is 10.1 Å². The summed E-state index contributed by atoms with van der Waals surface area (Å²) in [6, 6.07) is 23.5. The summed E-state index contributed by atoms with van der Waals surface area (Å²) in [4.78, 5) is 48.0. The summed E-state index contributed by atoms with van der Waals surface area (Å²) in [6.07, 6.45) is 3.92. The lowest BCUT2D eigenvalue weighted by Crippen LogP contribution is -2.18. The van der Waals surface area contributed by atoms with Gasteiger partial charge in [-0.25, -0.2) is 10.2 Å². The van der Waals surface area contributed by atoms with Crippen molar-refractivity contribution in [2.24, 2.45) is 5.10 Å². The molecule has 0 fully saturated rings. The number of carbonyl (C=O) groups is 3. The number of nitrogens with zero attached hydrogens (tertiary/aromatic N) is 2. The summed E-state index contributed by atoms with van der Waals surface area (Å²) in [5, 5.41) is 17.7. The summed E-state index contributed by atoms with van der Waals surface area (Å²) in [6.45, 7) is 0. The predicted octanol–water partition coefficient (Wildman–Crippen LogP) is 5.25. The van der Waals surface area contributed by atoms with Crippen molar-refractivity contribution in [1.29, 1.82) is 0 Å². The second-order valence-corrected chi connectivity index (χ2v) is 8.98. The Kier molecular flexibility index (Phi) is 10.1. The van der Waals surface area contributed by atoms with Crippen LogP contribution in [0.25, 0.3) is 6.08 Å². The first-order valence-corrected chi connectivity index (χ1v) is 13.0. The van der Waals surface area contributed by atoms with Crippen molar-refractivity contribution in [3.05, 3.63) is 129 Å². The molecule has 0 aliphatic heterocycles. The van der Waals surface area contributed by atoms with Gasteiger partial charge in [0.2, 0.25) is 0 Å². The summed E-state index contributed by atoms with van der Waals surface area (Å²) in [5.74, 6) is -0.671. The summed E-state index contributed by atoms with van der Waals surface area (Å²) in [5.41, 5.74) is 4.41. The molecule has 0 heterocycles. The van der Waals surface area contributed by atoms with Gasteiger partial charge in [-0.2, -0.15) is 5.10 Å². The van der Waals surface area contributed by atoms with Crippen molar-refractivity contribution in [2.75, 3.05) is 19.5 Å². The minimum atomic E-state index is -0.717. The number of benzene rings is 4. The monoisotopic (exact) mass is 594 g/mol. The molecule has 0 aliphatic carbocycles. The number of esters is 1. The summed E-state index contributed by atoms with van der Waals surface area (Å²) >= 11 is 0. The van der Waals surface area contributed by atoms with E-state index in [1.807, 2.05) is 0 Å². The molecule has 0 aromatic heterocycles. The minimum absolute atomic E-state index is 0.0989. The maximum absolute atomic E-state index is 12.7. The molecular weight excluding hydrogens is 568 g/mol. The first-order chi connectivity index (χ1) is 21.2. The molecular formula is C32H26N4O8. The third-order valence-electron chi connectivity index (χ3n) is 5.99. The molecule has 0 unspecified atom stereocenters. The summed E-state index contributed by atoms with van der Waals surface area (Å²) in [7, 11) is 2.91. The van der Waals surface area contributed by atoms with Crippen LogP contribution in [0.15, 0.2) is 102 Å². The van der Waals surface area contributed by atoms with Crippen molar-refractivity contribution in [3.8, 4) is 17.2 Å². The van der Waals surface area contributed by atoms with E-state index < -0.39 is 16.8 Å². The van der Waals surface area contributed by atoms with Gasteiger partial charge in [0.15, 0.2) is 11.5 Å². The SMILES string of the molecule is COc1cccc(C(=O)Nc2cccc(C(=O)NN=Cc3ccc(OC(=O)/C=C/c4cccc([N+](=O)[O-])c4)c(OC)c3)c2)c1. The van der Waals surface area contributed by atoms with Crippen LogP contribution >= 0.6 is 0 Å². The van der Waals surface area contributed by atoms with Gasteiger partial charge in [0.1, 0.15) is 5.75 Å². The van der Waals surface area contributed by atoms with Gasteiger partial charge < -0.3 is 19.5 Å². The van der Waals surface area contributed by atoms with E-state index in [1.165, 1.54) is 56.8 Å². The molecule has 4 rings (SSSR count). The number of hydrogen-bond donors (Lipinski definition) is 2. The van der Waals surface area contributed by atoms with E-state index in [0.717, 1.165) is 6.08 Å². The molecule has 0 saturated carbocycles. The zero-order valence-corrected chi connectivity index (χ0v) is 23.6. The van der Waals surface area contributed by atoms with Crippen LogP contribution in [0.3, 0.4) is 0 Å². The Morgan fingerprint density at radius 2 is 1.55 bits per heavy atom. The molecule has 0 aliphatic rings. The number of non-ortho nitro benzene ring substituents is 1. The molecule has 0 atom stereocenters. The van der Waals surface area contributed by atoms with Crippen LogP contribution in [-0.4, -0.2) is 43.1 Å². The second-order valence-electron chi connectivity index (χ2n) is 8.98. The Bertz CT molecular complexity index is 1770. The molecule has 44 heavy (non-hydrogen) atoms. The predicted molar refractivity (Wildman–Crippen MR) is 163 cm³/mol. The number of hydrogen-bond acceptors (Lipinski definition) is 9. The lowest BCUT2D eigenvalue weighted by Gasteiger charge is -2.09.